The van der Waals surface area contributed by atoms with Crippen molar-refractivity contribution in [1.82, 2.24) is 9.80 Å². The molecule has 0 bridgehead atoms. The molecule has 1 saturated heterocycles. The molecule has 4 heteroatoms. The van der Waals surface area contributed by atoms with Crippen LogP contribution in [0.3, 0.4) is 0 Å². The minimum absolute atomic E-state index is 0.148. The van der Waals surface area contributed by atoms with Gasteiger partial charge in [-0.15, -0.1) is 0 Å². The first-order chi connectivity index (χ1) is 8.48. The lowest BCUT2D eigenvalue weighted by atomic mass is 9.91. The largest absolute Gasteiger partial charge is 0.337 e. The summed E-state index contributed by atoms with van der Waals surface area (Å²) in [6, 6.07) is 0.311. The molecule has 1 amide bonds. The van der Waals surface area contributed by atoms with Crippen molar-refractivity contribution in [1.29, 1.82) is 0 Å². The number of carbonyl (C=O) groups excluding carboxylic acids is 1. The average Bonchev–Trinajstić information content (AvgIpc) is 2.58. The van der Waals surface area contributed by atoms with E-state index in [1.165, 1.54) is 0 Å². The van der Waals surface area contributed by atoms with Gasteiger partial charge in [-0.3, -0.25) is 4.79 Å². The Morgan fingerprint density at radius 2 is 1.89 bits per heavy atom. The molecule has 4 nitrogen and oxygen atoms in total. The molecule has 1 aliphatic rings. The van der Waals surface area contributed by atoms with Gasteiger partial charge >= 0.3 is 0 Å². The van der Waals surface area contributed by atoms with E-state index in [1.54, 1.807) is 0 Å². The van der Waals surface area contributed by atoms with Crippen LogP contribution < -0.4 is 5.73 Å². The zero-order chi connectivity index (χ0) is 13.8. The van der Waals surface area contributed by atoms with Gasteiger partial charge in [0.25, 0.3) is 0 Å². The van der Waals surface area contributed by atoms with Crippen molar-refractivity contribution in [2.24, 2.45) is 5.73 Å². The second-order valence-electron chi connectivity index (χ2n) is 5.54. The lowest BCUT2D eigenvalue weighted by Crippen LogP contribution is -2.58. The van der Waals surface area contributed by atoms with E-state index in [9.17, 15) is 4.79 Å². The molecule has 1 atom stereocenters. The van der Waals surface area contributed by atoms with Gasteiger partial charge in [-0.1, -0.05) is 20.8 Å². The molecule has 2 N–H and O–H groups in total. The Bertz CT molecular complexity index is 276. The number of amides is 1. The van der Waals surface area contributed by atoms with Crippen molar-refractivity contribution in [3.63, 3.8) is 0 Å². The quantitative estimate of drug-likeness (QED) is 0.827. The molecule has 0 aromatic heterocycles. The molecule has 0 saturated carbocycles. The predicted molar refractivity (Wildman–Crippen MR) is 75.4 cm³/mol. The van der Waals surface area contributed by atoms with E-state index < -0.39 is 5.54 Å². The zero-order valence-electron chi connectivity index (χ0n) is 12.4. The van der Waals surface area contributed by atoms with E-state index in [0.717, 1.165) is 32.5 Å². The first-order valence-corrected chi connectivity index (χ1v) is 7.27. The first-order valence-electron chi connectivity index (χ1n) is 7.27. The number of nitrogens with zero attached hydrogens (tertiary/aromatic N) is 2. The van der Waals surface area contributed by atoms with Gasteiger partial charge in [0.2, 0.25) is 5.91 Å². The highest BCUT2D eigenvalue weighted by molar-refractivity contribution is 5.86. The summed E-state index contributed by atoms with van der Waals surface area (Å²) >= 11 is 0. The Hall–Kier alpha value is -0.610. The molecular formula is C14H29N3O. The lowest BCUT2D eigenvalue weighted by molar-refractivity contribution is -0.139. The summed E-state index contributed by atoms with van der Waals surface area (Å²) in [5, 5.41) is 0. The first kappa shape index (κ1) is 15.4. The SMILES string of the molecule is CCC1CN(C)CCCN1C(=O)C(N)(CC)CC. The molecule has 0 aromatic carbocycles. The Kier molecular flexibility index (Phi) is 5.60. The molecule has 106 valence electrons. The number of rotatable bonds is 4. The molecular weight excluding hydrogens is 226 g/mol. The van der Waals surface area contributed by atoms with Crippen LogP contribution >= 0.6 is 0 Å². The monoisotopic (exact) mass is 255 g/mol. The Labute approximate surface area is 111 Å². The maximum absolute atomic E-state index is 12.7. The molecule has 18 heavy (non-hydrogen) atoms. The Morgan fingerprint density at radius 1 is 1.28 bits per heavy atom. The minimum Gasteiger partial charge on any atom is -0.337 e. The van der Waals surface area contributed by atoms with Gasteiger partial charge in [-0.2, -0.15) is 0 Å². The summed E-state index contributed by atoms with van der Waals surface area (Å²) in [6.07, 6.45) is 3.47. The molecule has 1 unspecified atom stereocenters. The van der Waals surface area contributed by atoms with Crippen molar-refractivity contribution in [2.75, 3.05) is 26.7 Å². The third-order valence-electron chi connectivity index (χ3n) is 4.32. The van der Waals surface area contributed by atoms with Gasteiger partial charge in [-0.25, -0.2) is 0 Å². The van der Waals surface area contributed by atoms with Gasteiger partial charge in [0.05, 0.1) is 5.54 Å². The Balaban J connectivity index is 2.87. The van der Waals surface area contributed by atoms with Crippen LogP contribution in [0.5, 0.6) is 0 Å². The molecule has 1 aliphatic heterocycles. The van der Waals surface area contributed by atoms with Gasteiger partial charge in [-0.05, 0) is 39.3 Å². The highest BCUT2D eigenvalue weighted by atomic mass is 16.2. The number of hydrogen-bond acceptors (Lipinski definition) is 3. The molecule has 0 aromatic rings. The number of likely N-dealkylation sites (N-methyl/N-ethyl adjacent to an activating group) is 1. The number of nitrogens with two attached hydrogens (primary N) is 1. The van der Waals surface area contributed by atoms with Crippen LogP contribution in [0, 0.1) is 0 Å². The van der Waals surface area contributed by atoms with Crippen LogP contribution in [0.2, 0.25) is 0 Å². The van der Waals surface area contributed by atoms with Crippen LogP contribution in [0.25, 0.3) is 0 Å². The molecule has 0 spiro atoms. The van der Waals surface area contributed by atoms with Crippen LogP contribution in [-0.2, 0) is 4.79 Å². The maximum atomic E-state index is 12.7. The molecule has 1 heterocycles. The number of carbonyl (C=O) groups is 1. The van der Waals surface area contributed by atoms with Gasteiger partial charge in [0.15, 0.2) is 0 Å². The maximum Gasteiger partial charge on any atom is 0.242 e. The van der Waals surface area contributed by atoms with E-state index in [1.807, 2.05) is 18.7 Å². The van der Waals surface area contributed by atoms with Crippen molar-refractivity contribution < 1.29 is 4.79 Å². The van der Waals surface area contributed by atoms with Gasteiger partial charge < -0.3 is 15.5 Å². The van der Waals surface area contributed by atoms with Gasteiger partial charge in [0.1, 0.15) is 0 Å². The van der Waals surface area contributed by atoms with Gasteiger partial charge in [0, 0.05) is 19.1 Å². The summed E-state index contributed by atoms with van der Waals surface area (Å²) in [7, 11) is 2.13. The smallest absolute Gasteiger partial charge is 0.242 e. The topological polar surface area (TPSA) is 49.6 Å². The molecule has 0 radical (unpaired) electrons. The van der Waals surface area contributed by atoms with Crippen molar-refractivity contribution in [3.8, 4) is 0 Å². The highest BCUT2D eigenvalue weighted by Gasteiger charge is 2.37. The molecule has 0 aliphatic carbocycles. The average molecular weight is 255 g/mol. The van der Waals surface area contributed by atoms with Crippen LogP contribution in [-0.4, -0.2) is 54.0 Å². The summed E-state index contributed by atoms with van der Waals surface area (Å²) in [5.41, 5.74) is 5.60. The van der Waals surface area contributed by atoms with E-state index in [4.69, 9.17) is 5.73 Å². The summed E-state index contributed by atoms with van der Waals surface area (Å²) in [5.74, 6) is 0.148. The molecule has 1 fully saturated rings. The fourth-order valence-corrected chi connectivity index (χ4v) is 2.70. The van der Waals surface area contributed by atoms with Crippen LogP contribution in [0.4, 0.5) is 0 Å². The lowest BCUT2D eigenvalue weighted by Gasteiger charge is -2.37. The van der Waals surface area contributed by atoms with E-state index >= 15 is 0 Å². The second-order valence-corrected chi connectivity index (χ2v) is 5.54. The fraction of sp³-hybridized carbons (Fsp3) is 0.929. The van der Waals surface area contributed by atoms with E-state index in [2.05, 4.69) is 18.9 Å². The minimum atomic E-state index is -0.670. The van der Waals surface area contributed by atoms with Crippen LogP contribution in [0.1, 0.15) is 46.5 Å². The third-order valence-corrected chi connectivity index (χ3v) is 4.32. The predicted octanol–water partition coefficient (Wildman–Crippen LogP) is 1.45. The highest BCUT2D eigenvalue weighted by Crippen LogP contribution is 2.20. The number of hydrogen-bond donors (Lipinski definition) is 1. The Morgan fingerprint density at radius 3 is 2.39 bits per heavy atom. The van der Waals surface area contributed by atoms with E-state index in [0.29, 0.717) is 18.9 Å². The van der Waals surface area contributed by atoms with Crippen LogP contribution in [0.15, 0.2) is 0 Å². The van der Waals surface area contributed by atoms with Crippen molar-refractivity contribution in [2.45, 2.75) is 58.0 Å². The third kappa shape index (κ3) is 3.23. The summed E-state index contributed by atoms with van der Waals surface area (Å²) in [6.45, 7) is 9.04. The fourth-order valence-electron chi connectivity index (χ4n) is 2.70. The summed E-state index contributed by atoms with van der Waals surface area (Å²) < 4.78 is 0. The van der Waals surface area contributed by atoms with Crippen molar-refractivity contribution in [3.05, 3.63) is 0 Å². The normalized spacial score (nSPS) is 22.9. The summed E-state index contributed by atoms with van der Waals surface area (Å²) in [4.78, 5) is 17.0. The zero-order valence-corrected chi connectivity index (χ0v) is 12.4. The van der Waals surface area contributed by atoms with E-state index in [-0.39, 0.29) is 5.91 Å². The molecule has 1 rings (SSSR count). The second kappa shape index (κ2) is 6.53. The standard InChI is InChI=1S/C14H29N3O/c1-5-12-11-16(4)9-8-10-17(12)13(18)14(15,6-2)7-3/h12H,5-11,15H2,1-4H3. The van der Waals surface area contributed by atoms with Crippen molar-refractivity contribution >= 4 is 5.91 Å².